The van der Waals surface area contributed by atoms with Gasteiger partial charge in [-0.25, -0.2) is 8.42 Å². The fourth-order valence-electron chi connectivity index (χ4n) is 5.31. The maximum Gasteiger partial charge on any atom is 0.236 e. The molecule has 13 heteroatoms. The molecule has 5 N–H and O–H groups in total. The lowest BCUT2D eigenvalue weighted by atomic mass is 9.86. The number of carbonyl (C=O) groups excluding carboxylic acids is 1. The first kappa shape index (κ1) is 34.5. The van der Waals surface area contributed by atoms with Gasteiger partial charge in [-0.15, -0.1) is 5.73 Å². The molecule has 2 heterocycles. The van der Waals surface area contributed by atoms with Gasteiger partial charge in [0.15, 0.2) is 9.84 Å². The first-order chi connectivity index (χ1) is 22.1. The molecular formula is C33H43N7O5S. The Balaban J connectivity index is 1.56. The molecule has 2 aliphatic rings. The fraction of sp³-hybridized carbons (Fsp3) is 0.394. The van der Waals surface area contributed by atoms with E-state index in [-0.39, 0.29) is 35.8 Å². The van der Waals surface area contributed by atoms with E-state index in [4.69, 9.17) is 9.84 Å². The molecule has 12 nitrogen and oxygen atoms in total. The number of hydrogen-bond acceptors (Lipinski definition) is 11. The normalized spacial score (nSPS) is 16.3. The molecule has 2 aliphatic heterocycles. The van der Waals surface area contributed by atoms with Gasteiger partial charge in [0.25, 0.3) is 0 Å². The van der Waals surface area contributed by atoms with E-state index in [1.54, 1.807) is 57.4 Å². The molecule has 1 saturated heterocycles. The molecule has 4 rings (SSSR count). The number of allylic oxidation sites excluding steroid dienone is 2. The standard InChI is InChI=1S/C33H43N7O5S/c1-6-7-12-30-37-32(35-26-10-8-9-11-29(26)46(43,44)22(2)3)39-33(38-30)36-27-19-23(4)25(20-28(27)45-5)24-13-16-40(17-14-24)31(42)21-34-15-18-41/h7-12,19-20,22,24,34,41H,1,13-18,21H2,2-5H3,(H3,35,36,37,38,39)/b30-12+. The van der Waals surface area contributed by atoms with Crippen molar-refractivity contribution in [3.63, 3.8) is 0 Å². The van der Waals surface area contributed by atoms with E-state index in [0.717, 1.165) is 24.0 Å². The van der Waals surface area contributed by atoms with Gasteiger partial charge in [0, 0.05) is 19.6 Å². The summed E-state index contributed by atoms with van der Waals surface area (Å²) < 4.78 is 31.8. The summed E-state index contributed by atoms with van der Waals surface area (Å²) in [6.45, 7) is 10.9. The highest BCUT2D eigenvalue weighted by Crippen LogP contribution is 2.36. The maximum atomic E-state index is 13.0. The number of piperidine rings is 1. The van der Waals surface area contributed by atoms with Crippen LogP contribution in [-0.2, 0) is 14.6 Å². The van der Waals surface area contributed by atoms with Crippen LogP contribution < -0.4 is 26.0 Å². The van der Waals surface area contributed by atoms with E-state index >= 15 is 0 Å². The molecule has 0 radical (unpaired) electrons. The van der Waals surface area contributed by atoms with E-state index in [0.29, 0.717) is 48.5 Å². The fourth-order valence-corrected chi connectivity index (χ4v) is 6.51. The molecule has 2 aromatic rings. The number of benzene rings is 2. The molecule has 0 aliphatic carbocycles. The Labute approximate surface area is 271 Å². The Bertz CT molecular complexity index is 1670. The van der Waals surface area contributed by atoms with Crippen molar-refractivity contribution in [1.82, 2.24) is 15.5 Å². The molecule has 46 heavy (non-hydrogen) atoms. The van der Waals surface area contributed by atoms with Crippen LogP contribution in [0.3, 0.4) is 0 Å². The zero-order valence-electron chi connectivity index (χ0n) is 26.8. The number of rotatable bonds is 11. The number of hydrogen-bond donors (Lipinski definition) is 5. The highest BCUT2D eigenvalue weighted by atomic mass is 32.2. The van der Waals surface area contributed by atoms with Crippen molar-refractivity contribution in [2.75, 3.05) is 50.5 Å². The number of ether oxygens (including phenoxy) is 1. The number of nitrogens with one attached hydrogen (secondary N) is 4. The highest BCUT2D eigenvalue weighted by Gasteiger charge is 2.27. The average molecular weight is 650 g/mol. The summed E-state index contributed by atoms with van der Waals surface area (Å²) in [4.78, 5) is 23.6. The molecule has 0 aromatic heterocycles. The number of para-hydroxylation sites is 1. The summed E-state index contributed by atoms with van der Waals surface area (Å²) in [6, 6.07) is 10.7. The number of guanidine groups is 2. The third-order valence-corrected chi connectivity index (χ3v) is 10.0. The lowest BCUT2D eigenvalue weighted by molar-refractivity contribution is -0.131. The molecule has 0 unspecified atom stereocenters. The number of amides is 1. The quantitative estimate of drug-likeness (QED) is 0.182. The van der Waals surface area contributed by atoms with Gasteiger partial charge in [-0.1, -0.05) is 18.7 Å². The lowest BCUT2D eigenvalue weighted by Crippen LogP contribution is -2.43. The number of aliphatic hydroxyl groups is 1. The smallest absolute Gasteiger partial charge is 0.236 e. The SMILES string of the molecule is C=C=C/C=C1\N=C(Nc2ccccc2S(=O)(=O)C(C)C)N=C(Nc2cc(C)c(C3CCN(C(=O)CNCCO)CC3)cc2OC)N1. The molecular weight excluding hydrogens is 606 g/mol. The second-order valence-corrected chi connectivity index (χ2v) is 13.7. The predicted molar refractivity (Wildman–Crippen MR) is 182 cm³/mol. The van der Waals surface area contributed by atoms with Gasteiger partial charge in [-0.05, 0) is 87.1 Å². The number of anilines is 2. The van der Waals surface area contributed by atoms with Crippen LogP contribution in [0.4, 0.5) is 11.4 Å². The van der Waals surface area contributed by atoms with Gasteiger partial charge < -0.3 is 36.0 Å². The molecule has 1 amide bonds. The average Bonchev–Trinajstić information content (AvgIpc) is 3.04. The Morgan fingerprint density at radius 3 is 2.61 bits per heavy atom. The minimum absolute atomic E-state index is 0.000276. The van der Waals surface area contributed by atoms with Crippen LogP contribution in [0, 0.1) is 6.92 Å². The molecule has 0 bridgehead atoms. The number of aliphatic imine (C=N–C) groups is 2. The second kappa shape index (κ2) is 15.7. The van der Waals surface area contributed by atoms with Gasteiger partial charge in [0.05, 0.1) is 41.8 Å². The number of carbonyl (C=O) groups is 1. The second-order valence-electron chi connectivity index (χ2n) is 11.2. The van der Waals surface area contributed by atoms with Crippen LogP contribution in [0.1, 0.15) is 43.7 Å². The van der Waals surface area contributed by atoms with Gasteiger partial charge in [0.2, 0.25) is 17.8 Å². The van der Waals surface area contributed by atoms with E-state index in [1.165, 1.54) is 0 Å². The number of methoxy groups -OCH3 is 1. The van der Waals surface area contributed by atoms with E-state index in [9.17, 15) is 13.2 Å². The van der Waals surface area contributed by atoms with Crippen molar-refractivity contribution < 1.29 is 23.1 Å². The number of likely N-dealkylation sites (tertiary alicyclic amines) is 1. The summed E-state index contributed by atoms with van der Waals surface area (Å²) in [6.07, 6.45) is 4.95. The largest absolute Gasteiger partial charge is 0.495 e. The van der Waals surface area contributed by atoms with Crippen molar-refractivity contribution in [3.05, 3.63) is 77.8 Å². The van der Waals surface area contributed by atoms with Gasteiger partial charge in [0.1, 0.15) is 11.6 Å². The van der Waals surface area contributed by atoms with E-state index in [1.807, 2.05) is 24.0 Å². The summed E-state index contributed by atoms with van der Waals surface area (Å²) in [5.41, 5.74) is 5.97. The number of nitrogens with zero attached hydrogens (tertiary/aromatic N) is 3. The summed E-state index contributed by atoms with van der Waals surface area (Å²) >= 11 is 0. The van der Waals surface area contributed by atoms with E-state index < -0.39 is 15.1 Å². The van der Waals surface area contributed by atoms with Crippen molar-refractivity contribution in [2.24, 2.45) is 9.98 Å². The molecule has 0 atom stereocenters. The molecule has 0 saturated carbocycles. The topological polar surface area (TPSA) is 157 Å². The van der Waals surface area contributed by atoms with Crippen LogP contribution in [-0.4, -0.2) is 81.4 Å². The minimum Gasteiger partial charge on any atom is -0.495 e. The number of sulfone groups is 1. The van der Waals surface area contributed by atoms with Crippen molar-refractivity contribution >= 4 is 39.0 Å². The van der Waals surface area contributed by atoms with Crippen LogP contribution in [0.25, 0.3) is 0 Å². The lowest BCUT2D eigenvalue weighted by Gasteiger charge is -2.33. The van der Waals surface area contributed by atoms with Crippen molar-refractivity contribution in [3.8, 4) is 5.75 Å². The molecule has 1 fully saturated rings. The first-order valence-corrected chi connectivity index (χ1v) is 16.8. The first-order valence-electron chi connectivity index (χ1n) is 15.2. The van der Waals surface area contributed by atoms with Crippen molar-refractivity contribution in [2.45, 2.75) is 49.7 Å². The van der Waals surface area contributed by atoms with Gasteiger partial charge in [-0.2, -0.15) is 9.98 Å². The van der Waals surface area contributed by atoms with Crippen LogP contribution in [0.2, 0.25) is 0 Å². The third-order valence-electron chi connectivity index (χ3n) is 7.80. The monoisotopic (exact) mass is 649 g/mol. The van der Waals surface area contributed by atoms with Crippen LogP contribution >= 0.6 is 0 Å². The third kappa shape index (κ3) is 8.43. The summed E-state index contributed by atoms with van der Waals surface area (Å²) in [5.74, 6) is 1.89. The molecule has 2 aromatic carbocycles. The van der Waals surface area contributed by atoms with E-state index in [2.05, 4.69) is 43.6 Å². The minimum atomic E-state index is -3.57. The van der Waals surface area contributed by atoms with Crippen LogP contribution in [0.15, 0.2) is 81.6 Å². The maximum absolute atomic E-state index is 13.0. The Morgan fingerprint density at radius 2 is 1.93 bits per heavy atom. The Kier molecular flexibility index (Phi) is 11.8. The Morgan fingerprint density at radius 1 is 1.20 bits per heavy atom. The van der Waals surface area contributed by atoms with Gasteiger partial charge in [-0.3, -0.25) is 4.79 Å². The summed E-state index contributed by atoms with van der Waals surface area (Å²) in [5, 5.41) is 20.8. The molecule has 246 valence electrons. The van der Waals surface area contributed by atoms with Gasteiger partial charge >= 0.3 is 0 Å². The predicted octanol–water partition coefficient (Wildman–Crippen LogP) is 3.50. The highest BCUT2D eigenvalue weighted by molar-refractivity contribution is 7.92. The number of aliphatic hydroxyl groups excluding tert-OH is 1. The number of aryl methyl sites for hydroxylation is 1. The van der Waals surface area contributed by atoms with Crippen molar-refractivity contribution in [1.29, 1.82) is 0 Å². The summed E-state index contributed by atoms with van der Waals surface area (Å²) in [7, 11) is -1.96. The zero-order chi connectivity index (χ0) is 33.3. The molecule has 0 spiro atoms. The Hall–Kier alpha value is -4.42. The van der Waals surface area contributed by atoms with Crippen LogP contribution in [0.5, 0.6) is 5.75 Å². The zero-order valence-corrected chi connectivity index (χ0v) is 27.6.